The highest BCUT2D eigenvalue weighted by Crippen LogP contribution is 2.22. The summed E-state index contributed by atoms with van der Waals surface area (Å²) in [5.74, 6) is 0.748. The Kier molecular flexibility index (Phi) is 4.46. The number of hydrogen-bond donors (Lipinski definition) is 1. The van der Waals surface area contributed by atoms with Crippen molar-refractivity contribution in [1.29, 1.82) is 0 Å². The number of carbonyl (C=O) groups is 1. The maximum atomic E-state index is 12.3. The van der Waals surface area contributed by atoms with Gasteiger partial charge in [-0.05, 0) is 35.7 Å². The number of nitrogens with zero attached hydrogens (tertiary/aromatic N) is 1. The molecule has 110 valence electrons. The molecule has 2 aromatic heterocycles. The van der Waals surface area contributed by atoms with E-state index in [-0.39, 0.29) is 5.91 Å². The fourth-order valence-corrected chi connectivity index (χ4v) is 2.57. The molecule has 5 heteroatoms. The van der Waals surface area contributed by atoms with Crippen LogP contribution in [0.2, 0.25) is 0 Å². The third-order valence-electron chi connectivity index (χ3n) is 2.98. The summed E-state index contributed by atoms with van der Waals surface area (Å²) in [5.41, 5.74) is 0.419. The molecule has 0 bridgehead atoms. The van der Waals surface area contributed by atoms with Crippen LogP contribution in [0.3, 0.4) is 0 Å². The van der Waals surface area contributed by atoms with Crippen molar-refractivity contribution in [1.82, 2.24) is 10.3 Å². The van der Waals surface area contributed by atoms with Crippen molar-refractivity contribution in [3.63, 3.8) is 0 Å². The van der Waals surface area contributed by atoms with Crippen molar-refractivity contribution >= 4 is 17.2 Å². The third-order valence-corrected chi connectivity index (χ3v) is 3.85. The highest BCUT2D eigenvalue weighted by atomic mass is 32.1. The molecule has 0 saturated carbocycles. The van der Waals surface area contributed by atoms with E-state index in [1.165, 1.54) is 0 Å². The smallest absolute Gasteiger partial charge is 0.257 e. The van der Waals surface area contributed by atoms with E-state index in [0.29, 0.717) is 23.7 Å². The van der Waals surface area contributed by atoms with Crippen molar-refractivity contribution < 1.29 is 9.53 Å². The molecule has 1 amide bonds. The van der Waals surface area contributed by atoms with Crippen molar-refractivity contribution in [3.8, 4) is 11.6 Å². The summed E-state index contributed by atoms with van der Waals surface area (Å²) < 4.78 is 5.70. The Morgan fingerprint density at radius 3 is 2.73 bits per heavy atom. The number of benzene rings is 1. The first-order valence-corrected chi connectivity index (χ1v) is 7.69. The molecular formula is C17H14N2O2S. The summed E-state index contributed by atoms with van der Waals surface area (Å²) in [6, 6.07) is 16.6. The van der Waals surface area contributed by atoms with Crippen LogP contribution in [-0.2, 0) is 6.54 Å². The average Bonchev–Trinajstić information content (AvgIpc) is 3.08. The molecule has 0 aliphatic heterocycles. The molecule has 1 N–H and O–H groups in total. The monoisotopic (exact) mass is 310 g/mol. The predicted molar refractivity (Wildman–Crippen MR) is 86.2 cm³/mol. The molecule has 0 atom stereocenters. The Hall–Kier alpha value is -2.66. The number of ether oxygens (including phenoxy) is 1. The van der Waals surface area contributed by atoms with Crippen LogP contribution in [0.15, 0.2) is 66.2 Å². The Balaban J connectivity index is 1.74. The van der Waals surface area contributed by atoms with Gasteiger partial charge in [-0.1, -0.05) is 24.3 Å². The number of rotatable bonds is 5. The van der Waals surface area contributed by atoms with Gasteiger partial charge in [0, 0.05) is 11.1 Å². The molecule has 3 rings (SSSR count). The van der Waals surface area contributed by atoms with Gasteiger partial charge in [-0.15, -0.1) is 11.3 Å². The molecule has 2 heterocycles. The van der Waals surface area contributed by atoms with Gasteiger partial charge in [0.2, 0.25) is 5.88 Å². The zero-order valence-corrected chi connectivity index (χ0v) is 12.5. The van der Waals surface area contributed by atoms with Crippen LogP contribution < -0.4 is 10.1 Å². The zero-order valence-electron chi connectivity index (χ0n) is 11.7. The lowest BCUT2D eigenvalue weighted by Crippen LogP contribution is -2.23. The molecule has 0 fully saturated rings. The van der Waals surface area contributed by atoms with E-state index in [2.05, 4.69) is 10.3 Å². The van der Waals surface area contributed by atoms with Gasteiger partial charge in [-0.25, -0.2) is 4.98 Å². The van der Waals surface area contributed by atoms with Crippen LogP contribution in [0.1, 0.15) is 15.2 Å². The van der Waals surface area contributed by atoms with Gasteiger partial charge in [-0.2, -0.15) is 0 Å². The van der Waals surface area contributed by atoms with Crippen LogP contribution >= 0.6 is 11.3 Å². The summed E-state index contributed by atoms with van der Waals surface area (Å²) in [6.45, 7) is 0.496. The summed E-state index contributed by atoms with van der Waals surface area (Å²) in [5, 5.41) is 4.86. The summed E-state index contributed by atoms with van der Waals surface area (Å²) >= 11 is 1.61. The lowest BCUT2D eigenvalue weighted by molar-refractivity contribution is 0.0948. The second-order valence-electron chi connectivity index (χ2n) is 4.53. The summed E-state index contributed by atoms with van der Waals surface area (Å²) in [4.78, 5) is 17.6. The number of amides is 1. The highest BCUT2D eigenvalue weighted by Gasteiger charge is 2.14. The van der Waals surface area contributed by atoms with E-state index in [9.17, 15) is 4.79 Å². The SMILES string of the molecule is O=C(NCc1cccs1)c1cccnc1Oc1ccccc1. The van der Waals surface area contributed by atoms with Gasteiger partial charge >= 0.3 is 0 Å². The van der Waals surface area contributed by atoms with E-state index in [1.54, 1.807) is 29.7 Å². The quantitative estimate of drug-likeness (QED) is 0.778. The second-order valence-corrected chi connectivity index (χ2v) is 5.57. The first-order chi connectivity index (χ1) is 10.8. The molecule has 0 spiro atoms. The van der Waals surface area contributed by atoms with Crippen LogP contribution in [0.25, 0.3) is 0 Å². The molecule has 22 heavy (non-hydrogen) atoms. The lowest BCUT2D eigenvalue weighted by Gasteiger charge is -2.09. The number of nitrogens with one attached hydrogen (secondary N) is 1. The number of hydrogen-bond acceptors (Lipinski definition) is 4. The van der Waals surface area contributed by atoms with Crippen LogP contribution in [0, 0.1) is 0 Å². The van der Waals surface area contributed by atoms with Crippen molar-refractivity contribution in [2.45, 2.75) is 6.54 Å². The summed E-state index contributed by atoms with van der Waals surface area (Å²) in [6.07, 6.45) is 1.61. The van der Waals surface area contributed by atoms with Crippen molar-refractivity contribution in [2.24, 2.45) is 0 Å². The first kappa shape index (κ1) is 14.3. The van der Waals surface area contributed by atoms with Gasteiger partial charge < -0.3 is 10.1 Å². The molecule has 0 unspecified atom stereocenters. The standard InChI is InChI=1S/C17H14N2O2S/c20-16(19-12-14-8-5-11-22-14)15-9-4-10-18-17(15)21-13-6-2-1-3-7-13/h1-11H,12H2,(H,19,20). The van der Waals surface area contributed by atoms with E-state index in [1.807, 2.05) is 47.8 Å². The topological polar surface area (TPSA) is 51.2 Å². The second kappa shape index (κ2) is 6.87. The molecule has 0 saturated heterocycles. The minimum absolute atomic E-state index is 0.201. The van der Waals surface area contributed by atoms with Crippen LogP contribution in [0.5, 0.6) is 11.6 Å². The predicted octanol–water partition coefficient (Wildman–Crippen LogP) is 3.87. The third kappa shape index (κ3) is 3.51. The summed E-state index contributed by atoms with van der Waals surface area (Å²) in [7, 11) is 0. The van der Waals surface area contributed by atoms with E-state index in [0.717, 1.165) is 4.88 Å². The van der Waals surface area contributed by atoms with Crippen LogP contribution in [-0.4, -0.2) is 10.9 Å². The minimum atomic E-state index is -0.201. The number of para-hydroxylation sites is 1. The van der Waals surface area contributed by atoms with Crippen molar-refractivity contribution in [3.05, 3.63) is 76.6 Å². The van der Waals surface area contributed by atoms with Crippen molar-refractivity contribution in [2.75, 3.05) is 0 Å². The van der Waals surface area contributed by atoms with Crippen LogP contribution in [0.4, 0.5) is 0 Å². The van der Waals surface area contributed by atoms with Gasteiger partial charge in [-0.3, -0.25) is 4.79 Å². The lowest BCUT2D eigenvalue weighted by atomic mass is 10.2. The largest absolute Gasteiger partial charge is 0.438 e. The Bertz CT molecular complexity index is 742. The fraction of sp³-hybridized carbons (Fsp3) is 0.0588. The highest BCUT2D eigenvalue weighted by molar-refractivity contribution is 7.09. The number of pyridine rings is 1. The van der Waals surface area contributed by atoms with Gasteiger partial charge in [0.15, 0.2) is 0 Å². The van der Waals surface area contributed by atoms with E-state index < -0.39 is 0 Å². The fourth-order valence-electron chi connectivity index (χ4n) is 1.92. The molecule has 0 radical (unpaired) electrons. The van der Waals surface area contributed by atoms with E-state index in [4.69, 9.17) is 4.74 Å². The maximum absolute atomic E-state index is 12.3. The molecule has 4 nitrogen and oxygen atoms in total. The van der Waals surface area contributed by atoms with Gasteiger partial charge in [0.05, 0.1) is 6.54 Å². The molecular weight excluding hydrogens is 296 g/mol. The zero-order chi connectivity index (χ0) is 15.2. The Labute approximate surface area is 132 Å². The van der Waals surface area contributed by atoms with Gasteiger partial charge in [0.1, 0.15) is 11.3 Å². The van der Waals surface area contributed by atoms with Gasteiger partial charge in [0.25, 0.3) is 5.91 Å². The Morgan fingerprint density at radius 1 is 1.09 bits per heavy atom. The number of aromatic nitrogens is 1. The first-order valence-electron chi connectivity index (χ1n) is 6.81. The number of thiophene rings is 1. The van der Waals surface area contributed by atoms with E-state index >= 15 is 0 Å². The Morgan fingerprint density at radius 2 is 1.95 bits per heavy atom. The average molecular weight is 310 g/mol. The molecule has 0 aliphatic rings. The number of carbonyl (C=O) groups excluding carboxylic acids is 1. The minimum Gasteiger partial charge on any atom is -0.438 e. The molecule has 3 aromatic rings. The normalized spacial score (nSPS) is 10.2. The maximum Gasteiger partial charge on any atom is 0.257 e. The molecule has 0 aliphatic carbocycles. The molecule has 1 aromatic carbocycles.